The van der Waals surface area contributed by atoms with Crippen molar-refractivity contribution < 1.29 is 40.7 Å². The number of alkyl halides is 6. The number of hydrogen-bond acceptors (Lipinski definition) is 6. The van der Waals surface area contributed by atoms with Gasteiger partial charge in [-0.3, -0.25) is 14.5 Å². The zero-order chi connectivity index (χ0) is 27.5. The lowest BCUT2D eigenvalue weighted by molar-refractivity contribution is -0.185. The fourth-order valence-corrected chi connectivity index (χ4v) is 7.41. The zero-order valence-corrected chi connectivity index (χ0v) is 20.8. The Morgan fingerprint density at radius 2 is 1.76 bits per heavy atom. The molecule has 4 saturated carbocycles. The number of piperazine rings is 1. The molecule has 7 nitrogen and oxygen atoms in total. The van der Waals surface area contributed by atoms with E-state index in [0.717, 1.165) is 36.3 Å². The van der Waals surface area contributed by atoms with Gasteiger partial charge in [0.05, 0.1) is 24.6 Å². The SMILES string of the molecule is COC(=O)C12CC3CC(C1)C(NC(=O)CN1CCN(c4ccc(C(F)(F)F)cn4)CC1C(F)(F)F)C(C3)C2. The Morgan fingerprint density at radius 3 is 2.32 bits per heavy atom. The van der Waals surface area contributed by atoms with Crippen LogP contribution in [0.5, 0.6) is 0 Å². The van der Waals surface area contributed by atoms with E-state index in [4.69, 9.17) is 4.74 Å². The first-order chi connectivity index (χ1) is 17.8. The number of amides is 1. The summed E-state index contributed by atoms with van der Waals surface area (Å²) >= 11 is 0. The monoisotopic (exact) mass is 548 g/mol. The van der Waals surface area contributed by atoms with Crippen molar-refractivity contribution in [3.8, 4) is 0 Å². The number of esters is 1. The number of pyridine rings is 1. The molecule has 6 rings (SSSR count). The fourth-order valence-electron chi connectivity index (χ4n) is 7.41. The van der Waals surface area contributed by atoms with Gasteiger partial charge in [-0.15, -0.1) is 0 Å². The van der Waals surface area contributed by atoms with Crippen molar-refractivity contribution in [3.63, 3.8) is 0 Å². The number of hydrogen-bond donors (Lipinski definition) is 1. The quantitative estimate of drug-likeness (QED) is 0.448. The van der Waals surface area contributed by atoms with E-state index in [1.165, 1.54) is 12.0 Å². The number of nitrogens with one attached hydrogen (secondary N) is 1. The largest absolute Gasteiger partial charge is 0.469 e. The number of halogens is 6. The normalized spacial score (nSPS) is 33.3. The first-order valence-electron chi connectivity index (χ1n) is 12.8. The molecule has 0 radical (unpaired) electrons. The molecule has 4 bridgehead atoms. The lowest BCUT2D eigenvalue weighted by Crippen LogP contribution is -2.64. The number of methoxy groups -OCH3 is 1. The smallest absolute Gasteiger partial charge is 0.417 e. The molecule has 1 aromatic heterocycles. The van der Waals surface area contributed by atoms with Gasteiger partial charge in [0.1, 0.15) is 11.9 Å². The molecule has 1 N–H and O–H groups in total. The van der Waals surface area contributed by atoms with Crippen LogP contribution in [0, 0.1) is 23.2 Å². The number of ether oxygens (including phenoxy) is 1. The summed E-state index contributed by atoms with van der Waals surface area (Å²) in [6, 6.07) is -0.308. The number of aromatic nitrogens is 1. The highest BCUT2D eigenvalue weighted by molar-refractivity contribution is 5.79. The van der Waals surface area contributed by atoms with Crippen LogP contribution in [-0.2, 0) is 20.5 Å². The maximum atomic E-state index is 14.0. The van der Waals surface area contributed by atoms with Crippen LogP contribution in [0.1, 0.15) is 37.7 Å². The molecule has 210 valence electrons. The summed E-state index contributed by atoms with van der Waals surface area (Å²) in [6.45, 7) is -1.02. The van der Waals surface area contributed by atoms with E-state index in [9.17, 15) is 35.9 Å². The summed E-state index contributed by atoms with van der Waals surface area (Å²) < 4.78 is 85.5. The van der Waals surface area contributed by atoms with Crippen molar-refractivity contribution in [1.82, 2.24) is 15.2 Å². The molecule has 0 aromatic carbocycles. The molecule has 5 aliphatic rings. The first kappa shape index (κ1) is 27.0. The third-order valence-electron chi connectivity index (χ3n) is 8.83. The van der Waals surface area contributed by atoms with Gasteiger partial charge in [0, 0.05) is 31.9 Å². The van der Waals surface area contributed by atoms with Crippen molar-refractivity contribution in [1.29, 1.82) is 0 Å². The molecule has 5 fully saturated rings. The fraction of sp³-hybridized carbons (Fsp3) is 0.720. The molecule has 1 saturated heterocycles. The van der Waals surface area contributed by atoms with Gasteiger partial charge in [0.25, 0.3) is 0 Å². The highest BCUT2D eigenvalue weighted by Gasteiger charge is 2.59. The Kier molecular flexibility index (Phi) is 6.80. The van der Waals surface area contributed by atoms with Crippen LogP contribution in [0.4, 0.5) is 32.2 Å². The van der Waals surface area contributed by atoms with E-state index in [2.05, 4.69) is 10.3 Å². The van der Waals surface area contributed by atoms with Gasteiger partial charge in [-0.2, -0.15) is 26.3 Å². The van der Waals surface area contributed by atoms with Gasteiger partial charge in [-0.25, -0.2) is 4.98 Å². The van der Waals surface area contributed by atoms with Crippen molar-refractivity contribution in [3.05, 3.63) is 23.9 Å². The summed E-state index contributed by atoms with van der Waals surface area (Å²) in [5.41, 5.74) is -1.50. The van der Waals surface area contributed by atoms with Crippen LogP contribution < -0.4 is 10.2 Å². The van der Waals surface area contributed by atoms with Gasteiger partial charge in [0.2, 0.25) is 5.91 Å². The molecule has 2 heterocycles. The maximum absolute atomic E-state index is 14.0. The van der Waals surface area contributed by atoms with Crippen molar-refractivity contribution >= 4 is 17.7 Å². The Balaban J connectivity index is 1.23. The molecule has 1 amide bonds. The van der Waals surface area contributed by atoms with E-state index in [0.29, 0.717) is 25.0 Å². The van der Waals surface area contributed by atoms with Crippen LogP contribution in [0.3, 0.4) is 0 Å². The number of nitrogens with zero attached hydrogens (tertiary/aromatic N) is 3. The second-order valence-electron chi connectivity index (χ2n) is 11.2. The van der Waals surface area contributed by atoms with Crippen LogP contribution in [0.25, 0.3) is 0 Å². The van der Waals surface area contributed by atoms with Gasteiger partial charge < -0.3 is 15.0 Å². The second kappa shape index (κ2) is 9.56. The van der Waals surface area contributed by atoms with E-state index in [1.807, 2.05) is 0 Å². The molecule has 1 aromatic rings. The molecule has 13 heteroatoms. The molecule has 4 aliphatic carbocycles. The van der Waals surface area contributed by atoms with E-state index in [-0.39, 0.29) is 42.8 Å². The first-order valence-corrected chi connectivity index (χ1v) is 12.8. The molecule has 1 aliphatic heterocycles. The molecule has 0 spiro atoms. The Hall–Kier alpha value is -2.57. The lowest BCUT2D eigenvalue weighted by atomic mass is 9.48. The lowest BCUT2D eigenvalue weighted by Gasteiger charge is -2.58. The summed E-state index contributed by atoms with van der Waals surface area (Å²) in [6.07, 6.45) is -4.87. The Morgan fingerprint density at radius 1 is 1.08 bits per heavy atom. The van der Waals surface area contributed by atoms with E-state index in [1.54, 1.807) is 0 Å². The highest BCUT2D eigenvalue weighted by atomic mass is 19.4. The van der Waals surface area contributed by atoms with Crippen LogP contribution in [0.2, 0.25) is 0 Å². The third-order valence-corrected chi connectivity index (χ3v) is 8.83. The van der Waals surface area contributed by atoms with Gasteiger partial charge >= 0.3 is 18.3 Å². The molecule has 38 heavy (non-hydrogen) atoms. The van der Waals surface area contributed by atoms with Crippen molar-refractivity contribution in [2.45, 2.75) is 56.5 Å². The van der Waals surface area contributed by atoms with Crippen LogP contribution in [0.15, 0.2) is 18.3 Å². The van der Waals surface area contributed by atoms with Gasteiger partial charge in [-0.05, 0) is 62.0 Å². The zero-order valence-electron chi connectivity index (χ0n) is 20.8. The summed E-state index contributed by atoms with van der Waals surface area (Å²) in [7, 11) is 1.38. The predicted molar refractivity (Wildman–Crippen MR) is 123 cm³/mol. The number of carbonyl (C=O) groups excluding carboxylic acids is 2. The Bertz CT molecular complexity index is 1050. The summed E-state index contributed by atoms with van der Waals surface area (Å²) in [5.74, 6) is -0.124. The van der Waals surface area contributed by atoms with Gasteiger partial charge in [-0.1, -0.05) is 0 Å². The number of rotatable bonds is 5. The minimum absolute atomic E-state index is 0.0180. The van der Waals surface area contributed by atoms with Gasteiger partial charge in [0.15, 0.2) is 0 Å². The number of carbonyl (C=O) groups is 2. The molecule has 3 unspecified atom stereocenters. The molecule has 3 atom stereocenters. The molecular formula is C25H30F6N4O3. The average Bonchev–Trinajstić information content (AvgIpc) is 2.84. The van der Waals surface area contributed by atoms with Crippen molar-refractivity contribution in [2.24, 2.45) is 23.2 Å². The van der Waals surface area contributed by atoms with E-state index < -0.39 is 48.4 Å². The maximum Gasteiger partial charge on any atom is 0.417 e. The topological polar surface area (TPSA) is 74.8 Å². The minimum Gasteiger partial charge on any atom is -0.469 e. The standard InChI is InChI=1S/C25H30F6N4O3/c1-38-22(37)23-8-14-6-15(9-23)21(16(7-14)10-23)33-20(36)13-34-4-5-35(12-18(34)25(29,30)31)19-3-2-17(11-32-19)24(26,27)28/h2-3,11,14-16,18,21H,4-10,12-13H2,1H3,(H,33,36). The number of anilines is 1. The summed E-state index contributed by atoms with van der Waals surface area (Å²) in [4.78, 5) is 31.6. The van der Waals surface area contributed by atoms with E-state index >= 15 is 0 Å². The second-order valence-corrected chi connectivity index (χ2v) is 11.2. The summed E-state index contributed by atoms with van der Waals surface area (Å²) in [5, 5.41) is 2.99. The van der Waals surface area contributed by atoms with Crippen molar-refractivity contribution in [2.75, 3.05) is 38.2 Å². The van der Waals surface area contributed by atoms with Crippen LogP contribution in [-0.4, -0.2) is 73.3 Å². The Labute approximate surface area is 215 Å². The molecular weight excluding hydrogens is 518 g/mol. The average molecular weight is 549 g/mol. The highest BCUT2D eigenvalue weighted by Crippen LogP contribution is 2.60. The minimum atomic E-state index is -4.65. The van der Waals surface area contributed by atoms with Crippen LogP contribution >= 0.6 is 0 Å². The third kappa shape index (κ3) is 5.05. The predicted octanol–water partition coefficient (Wildman–Crippen LogP) is 3.64.